The zero-order valence-electron chi connectivity index (χ0n) is 13.5. The number of hydrogen-bond donors (Lipinski definition) is 1. The van der Waals surface area contributed by atoms with Crippen LogP contribution in [0, 0.1) is 5.92 Å². The van der Waals surface area contributed by atoms with E-state index < -0.39 is 0 Å². The van der Waals surface area contributed by atoms with Gasteiger partial charge in [-0.1, -0.05) is 51.1 Å². The Morgan fingerprint density at radius 1 is 1.20 bits per heavy atom. The summed E-state index contributed by atoms with van der Waals surface area (Å²) in [5, 5.41) is 3.76. The first-order valence-corrected chi connectivity index (χ1v) is 8.14. The Morgan fingerprint density at radius 2 is 1.90 bits per heavy atom. The van der Waals surface area contributed by atoms with Crippen molar-refractivity contribution in [1.82, 2.24) is 10.2 Å². The molecule has 0 saturated carbocycles. The highest BCUT2D eigenvalue weighted by Gasteiger charge is 2.31. The van der Waals surface area contributed by atoms with Gasteiger partial charge in [-0.3, -0.25) is 4.90 Å². The Morgan fingerprint density at radius 3 is 2.50 bits per heavy atom. The third-order valence-corrected chi connectivity index (χ3v) is 4.77. The molecule has 0 bridgehead atoms. The Balaban J connectivity index is 2.06. The Kier molecular flexibility index (Phi) is 5.62. The molecule has 1 aliphatic rings. The summed E-state index contributed by atoms with van der Waals surface area (Å²) in [6.45, 7) is 11.6. The highest BCUT2D eigenvalue weighted by molar-refractivity contribution is 5.16. The first kappa shape index (κ1) is 15.5. The summed E-state index contributed by atoms with van der Waals surface area (Å²) < 4.78 is 0. The minimum absolute atomic E-state index is 0.627. The molecule has 2 rings (SSSR count). The summed E-state index contributed by atoms with van der Waals surface area (Å²) in [4.78, 5) is 2.73. The van der Waals surface area contributed by atoms with Crippen LogP contribution in [-0.4, -0.2) is 36.1 Å². The van der Waals surface area contributed by atoms with Crippen molar-refractivity contribution in [1.29, 1.82) is 0 Å². The molecule has 0 amide bonds. The maximum atomic E-state index is 3.76. The first-order valence-electron chi connectivity index (χ1n) is 8.14. The Bertz CT molecular complexity index is 388. The van der Waals surface area contributed by atoms with Crippen molar-refractivity contribution in [3.05, 3.63) is 35.9 Å². The lowest BCUT2D eigenvalue weighted by Crippen LogP contribution is -2.60. The van der Waals surface area contributed by atoms with E-state index in [1.54, 1.807) is 0 Å². The second-order valence-corrected chi connectivity index (χ2v) is 6.56. The summed E-state index contributed by atoms with van der Waals surface area (Å²) in [5.74, 6) is 0.708. The van der Waals surface area contributed by atoms with Crippen LogP contribution in [0.15, 0.2) is 30.3 Å². The van der Waals surface area contributed by atoms with Crippen LogP contribution in [0.5, 0.6) is 0 Å². The van der Waals surface area contributed by atoms with E-state index in [1.165, 1.54) is 18.5 Å². The van der Waals surface area contributed by atoms with Gasteiger partial charge in [-0.2, -0.15) is 0 Å². The molecule has 2 nitrogen and oxygen atoms in total. The number of nitrogens with zero attached hydrogens (tertiary/aromatic N) is 1. The molecule has 0 aliphatic carbocycles. The molecule has 1 aromatic carbocycles. The zero-order chi connectivity index (χ0) is 14.5. The average molecular weight is 274 g/mol. The van der Waals surface area contributed by atoms with E-state index in [4.69, 9.17) is 0 Å². The maximum Gasteiger partial charge on any atom is 0.0264 e. The van der Waals surface area contributed by atoms with Gasteiger partial charge in [-0.05, 0) is 31.2 Å². The zero-order valence-corrected chi connectivity index (χ0v) is 13.5. The number of rotatable bonds is 5. The van der Waals surface area contributed by atoms with E-state index in [0.29, 0.717) is 24.0 Å². The quantitative estimate of drug-likeness (QED) is 0.886. The third kappa shape index (κ3) is 3.83. The first-order chi connectivity index (χ1) is 9.61. The molecule has 2 heteroatoms. The number of piperazine rings is 1. The van der Waals surface area contributed by atoms with Crippen LogP contribution < -0.4 is 5.32 Å². The molecule has 1 heterocycles. The number of hydrogen-bond acceptors (Lipinski definition) is 2. The fourth-order valence-corrected chi connectivity index (χ4v) is 3.14. The van der Waals surface area contributed by atoms with Crippen LogP contribution in [0.3, 0.4) is 0 Å². The van der Waals surface area contributed by atoms with Crippen molar-refractivity contribution < 1.29 is 0 Å². The second kappa shape index (κ2) is 7.24. The molecule has 3 atom stereocenters. The molecular weight excluding hydrogens is 244 g/mol. The smallest absolute Gasteiger partial charge is 0.0264 e. The highest BCUT2D eigenvalue weighted by atomic mass is 15.3. The van der Waals surface area contributed by atoms with Gasteiger partial charge < -0.3 is 5.32 Å². The van der Waals surface area contributed by atoms with Crippen molar-refractivity contribution >= 4 is 0 Å². The average Bonchev–Trinajstić information content (AvgIpc) is 2.47. The van der Waals surface area contributed by atoms with Gasteiger partial charge in [0.15, 0.2) is 0 Å². The van der Waals surface area contributed by atoms with Crippen molar-refractivity contribution in [2.24, 2.45) is 5.92 Å². The minimum Gasteiger partial charge on any atom is -0.311 e. The van der Waals surface area contributed by atoms with Gasteiger partial charge in [-0.25, -0.2) is 0 Å². The predicted octanol–water partition coefficient (Wildman–Crippen LogP) is 3.33. The van der Waals surface area contributed by atoms with Crippen molar-refractivity contribution in [2.75, 3.05) is 13.1 Å². The normalized spacial score (nSPS) is 25.9. The molecule has 0 spiro atoms. The van der Waals surface area contributed by atoms with E-state index >= 15 is 0 Å². The molecular formula is C18H30N2. The van der Waals surface area contributed by atoms with Crippen molar-refractivity contribution in [3.8, 4) is 0 Å². The second-order valence-electron chi connectivity index (χ2n) is 6.56. The summed E-state index contributed by atoms with van der Waals surface area (Å²) >= 11 is 0. The third-order valence-electron chi connectivity index (χ3n) is 4.77. The molecule has 0 radical (unpaired) electrons. The molecule has 112 valence electrons. The summed E-state index contributed by atoms with van der Waals surface area (Å²) in [7, 11) is 0. The van der Waals surface area contributed by atoms with Gasteiger partial charge in [0, 0.05) is 31.2 Å². The lowest BCUT2D eigenvalue weighted by atomic mass is 9.94. The number of nitrogens with one attached hydrogen (secondary N) is 1. The fourth-order valence-electron chi connectivity index (χ4n) is 3.14. The van der Waals surface area contributed by atoms with Gasteiger partial charge in [-0.15, -0.1) is 0 Å². The minimum atomic E-state index is 0.627. The molecule has 1 N–H and O–H groups in total. The molecule has 20 heavy (non-hydrogen) atoms. The van der Waals surface area contributed by atoms with Crippen molar-refractivity contribution in [2.45, 2.75) is 58.7 Å². The van der Waals surface area contributed by atoms with E-state index in [-0.39, 0.29) is 0 Å². The van der Waals surface area contributed by atoms with Crippen LogP contribution in [0.1, 0.15) is 39.7 Å². The Hall–Kier alpha value is -0.860. The Labute approximate surface area is 124 Å². The largest absolute Gasteiger partial charge is 0.311 e. The van der Waals surface area contributed by atoms with Crippen LogP contribution >= 0.6 is 0 Å². The molecule has 1 aliphatic heterocycles. The monoisotopic (exact) mass is 274 g/mol. The standard InChI is InChI=1S/C18H30N2/c1-5-15(4)20-13-18(14(2)3)19-12-17(20)11-16-9-7-6-8-10-16/h6-10,14-15,17-19H,5,11-13H2,1-4H3. The predicted molar refractivity (Wildman–Crippen MR) is 87.0 cm³/mol. The van der Waals surface area contributed by atoms with Gasteiger partial charge in [0.2, 0.25) is 0 Å². The SMILES string of the molecule is CCC(C)N1CC(C(C)C)NCC1Cc1ccccc1. The van der Waals surface area contributed by atoms with Gasteiger partial charge in [0.25, 0.3) is 0 Å². The van der Waals surface area contributed by atoms with Crippen LogP contribution in [0.25, 0.3) is 0 Å². The molecule has 1 aromatic rings. The summed E-state index contributed by atoms with van der Waals surface area (Å²) in [6, 6.07) is 12.8. The van der Waals surface area contributed by atoms with Gasteiger partial charge in [0.05, 0.1) is 0 Å². The highest BCUT2D eigenvalue weighted by Crippen LogP contribution is 2.20. The summed E-state index contributed by atoms with van der Waals surface area (Å²) in [6.07, 6.45) is 2.39. The van der Waals surface area contributed by atoms with E-state index in [0.717, 1.165) is 13.0 Å². The molecule has 3 unspecified atom stereocenters. The van der Waals surface area contributed by atoms with Crippen LogP contribution in [-0.2, 0) is 6.42 Å². The lowest BCUT2D eigenvalue weighted by molar-refractivity contribution is 0.0743. The molecule has 1 fully saturated rings. The number of benzene rings is 1. The maximum absolute atomic E-state index is 3.76. The van der Waals surface area contributed by atoms with E-state index in [1.807, 2.05) is 0 Å². The lowest BCUT2D eigenvalue weighted by Gasteiger charge is -2.45. The van der Waals surface area contributed by atoms with Crippen molar-refractivity contribution in [3.63, 3.8) is 0 Å². The topological polar surface area (TPSA) is 15.3 Å². The van der Waals surface area contributed by atoms with Crippen LogP contribution in [0.2, 0.25) is 0 Å². The van der Waals surface area contributed by atoms with E-state index in [9.17, 15) is 0 Å². The summed E-state index contributed by atoms with van der Waals surface area (Å²) in [5.41, 5.74) is 1.45. The van der Waals surface area contributed by atoms with Gasteiger partial charge >= 0.3 is 0 Å². The van der Waals surface area contributed by atoms with E-state index in [2.05, 4.69) is 68.2 Å². The molecule has 1 saturated heterocycles. The molecule has 0 aromatic heterocycles. The van der Waals surface area contributed by atoms with Gasteiger partial charge in [0.1, 0.15) is 0 Å². The fraction of sp³-hybridized carbons (Fsp3) is 0.667. The van der Waals surface area contributed by atoms with Crippen LogP contribution in [0.4, 0.5) is 0 Å².